The van der Waals surface area contributed by atoms with Crippen LogP contribution in [-0.4, -0.2) is 26.7 Å². The predicted octanol–water partition coefficient (Wildman–Crippen LogP) is 3.95. The van der Waals surface area contributed by atoms with Crippen molar-refractivity contribution in [2.75, 3.05) is 5.43 Å². The molecule has 0 amide bonds. The molecule has 0 atom stereocenters. The van der Waals surface area contributed by atoms with Gasteiger partial charge in [0.25, 0.3) is 5.69 Å². The van der Waals surface area contributed by atoms with Crippen molar-refractivity contribution in [3.05, 3.63) is 63.2 Å². The number of nitrogens with zero attached hydrogens (tertiary/aromatic N) is 3. The maximum Gasteiger partial charge on any atom is 0.352 e. The minimum absolute atomic E-state index is 0.156. The highest BCUT2D eigenvalue weighted by molar-refractivity contribution is 7.22. The predicted molar refractivity (Wildman–Crippen MR) is 100 cm³/mol. The number of hydrogen-bond donors (Lipinski definition) is 2. The number of halogens is 1. The van der Waals surface area contributed by atoms with Crippen molar-refractivity contribution in [3.63, 3.8) is 0 Å². The van der Waals surface area contributed by atoms with Gasteiger partial charge in [0.05, 0.1) is 15.1 Å². The van der Waals surface area contributed by atoms with E-state index in [0.29, 0.717) is 15.7 Å². The number of fused-ring (bicyclic) bond motifs is 1. The second kappa shape index (κ2) is 7.46. The summed E-state index contributed by atoms with van der Waals surface area (Å²) in [5.74, 6) is -1.28. The monoisotopic (exact) mass is 390 g/mol. The van der Waals surface area contributed by atoms with Gasteiger partial charge in [0.2, 0.25) is 5.13 Å². The maximum atomic E-state index is 11.4. The van der Waals surface area contributed by atoms with Crippen LogP contribution in [0.2, 0.25) is 5.02 Å². The average molecular weight is 391 g/mol. The quantitative estimate of drug-likeness (QED) is 0.373. The lowest BCUT2D eigenvalue weighted by Crippen LogP contribution is -2.18. The zero-order valence-electron chi connectivity index (χ0n) is 13.0. The number of para-hydroxylation sites is 1. The third-order valence-electron chi connectivity index (χ3n) is 3.43. The van der Waals surface area contributed by atoms with Gasteiger partial charge in [-0.3, -0.25) is 15.5 Å². The van der Waals surface area contributed by atoms with Gasteiger partial charge < -0.3 is 5.11 Å². The third-order valence-corrected chi connectivity index (χ3v) is 4.61. The van der Waals surface area contributed by atoms with Crippen molar-refractivity contribution in [1.29, 1.82) is 0 Å². The summed E-state index contributed by atoms with van der Waals surface area (Å²) in [5.41, 5.74) is 3.11. The topological polar surface area (TPSA) is 118 Å². The molecule has 132 valence electrons. The number of carbonyl (C=O) groups is 1. The molecule has 1 aromatic heterocycles. The molecule has 0 bridgehead atoms. The first-order chi connectivity index (χ1) is 12.4. The van der Waals surface area contributed by atoms with Crippen molar-refractivity contribution in [2.24, 2.45) is 5.10 Å². The first-order valence-corrected chi connectivity index (χ1v) is 8.48. The number of aromatic nitrogens is 1. The fourth-order valence-electron chi connectivity index (χ4n) is 2.25. The van der Waals surface area contributed by atoms with E-state index in [-0.39, 0.29) is 23.4 Å². The van der Waals surface area contributed by atoms with E-state index in [2.05, 4.69) is 15.5 Å². The number of hydrogen-bond acceptors (Lipinski definition) is 7. The number of nitro benzene ring substituents is 1. The molecule has 8 nitrogen and oxygen atoms in total. The SMILES string of the molecule is O=C(O)/C(Cc1ccccc1[N+](=O)[O-])=N/Nc1nc2cc(Cl)ccc2s1. The standard InChI is InChI=1S/C16H11ClN4O4S/c17-10-5-6-14-11(8-10)18-16(26-14)20-19-12(15(22)23)7-9-3-1-2-4-13(9)21(24)25/h1-6,8H,7H2,(H,18,20)(H,22,23)/b19-12+. The van der Waals surface area contributed by atoms with Crippen LogP contribution in [0.1, 0.15) is 5.56 Å². The molecule has 3 rings (SSSR count). The van der Waals surface area contributed by atoms with Crippen LogP contribution < -0.4 is 5.43 Å². The second-order valence-electron chi connectivity index (χ2n) is 5.17. The number of benzene rings is 2. The summed E-state index contributed by atoms with van der Waals surface area (Å²) in [6, 6.07) is 11.2. The molecule has 3 aromatic rings. The molecule has 10 heteroatoms. The van der Waals surface area contributed by atoms with Crippen LogP contribution in [0, 0.1) is 10.1 Å². The normalized spacial score (nSPS) is 11.5. The number of carboxylic acids is 1. The lowest BCUT2D eigenvalue weighted by atomic mass is 10.1. The van der Waals surface area contributed by atoms with Gasteiger partial charge in [-0.2, -0.15) is 5.10 Å². The Hall–Kier alpha value is -3.04. The molecule has 0 unspecified atom stereocenters. The first-order valence-electron chi connectivity index (χ1n) is 7.28. The van der Waals surface area contributed by atoms with E-state index in [0.717, 1.165) is 4.70 Å². The minimum Gasteiger partial charge on any atom is -0.477 e. The van der Waals surface area contributed by atoms with Crippen LogP contribution in [0.5, 0.6) is 0 Å². The van der Waals surface area contributed by atoms with Crippen molar-refractivity contribution in [2.45, 2.75) is 6.42 Å². The Labute approximate surface area is 155 Å². The number of hydrazone groups is 1. The first kappa shape index (κ1) is 17.8. The Bertz CT molecular complexity index is 1030. The molecule has 0 spiro atoms. The molecule has 0 fully saturated rings. The van der Waals surface area contributed by atoms with Gasteiger partial charge >= 0.3 is 5.97 Å². The molecular weight excluding hydrogens is 380 g/mol. The molecule has 0 aliphatic rings. The Morgan fingerprint density at radius 2 is 2.12 bits per heavy atom. The average Bonchev–Trinajstić information content (AvgIpc) is 3.00. The van der Waals surface area contributed by atoms with E-state index in [1.165, 1.54) is 29.5 Å². The molecular formula is C16H11ClN4O4S. The van der Waals surface area contributed by atoms with Crippen LogP contribution >= 0.6 is 22.9 Å². The molecule has 2 N–H and O–H groups in total. The van der Waals surface area contributed by atoms with Crippen LogP contribution in [0.3, 0.4) is 0 Å². The largest absolute Gasteiger partial charge is 0.477 e. The van der Waals surface area contributed by atoms with E-state index in [1.54, 1.807) is 24.3 Å². The molecule has 2 aromatic carbocycles. The maximum absolute atomic E-state index is 11.4. The van der Waals surface area contributed by atoms with Crippen LogP contribution in [0.25, 0.3) is 10.2 Å². The van der Waals surface area contributed by atoms with Crippen LogP contribution in [0.4, 0.5) is 10.8 Å². The summed E-state index contributed by atoms with van der Waals surface area (Å²) in [6.07, 6.45) is -0.198. The summed E-state index contributed by atoms with van der Waals surface area (Å²) < 4.78 is 0.864. The second-order valence-corrected chi connectivity index (χ2v) is 6.64. The summed E-state index contributed by atoms with van der Waals surface area (Å²) in [4.78, 5) is 26.2. The van der Waals surface area contributed by atoms with Crippen LogP contribution in [-0.2, 0) is 11.2 Å². The molecule has 1 heterocycles. The Balaban J connectivity index is 1.85. The van der Waals surface area contributed by atoms with E-state index >= 15 is 0 Å². The van der Waals surface area contributed by atoms with Gasteiger partial charge in [0.15, 0.2) is 0 Å². The van der Waals surface area contributed by atoms with E-state index in [4.69, 9.17) is 11.6 Å². The van der Waals surface area contributed by atoms with E-state index < -0.39 is 10.9 Å². The summed E-state index contributed by atoms with van der Waals surface area (Å²) in [6.45, 7) is 0. The molecule has 0 aliphatic heterocycles. The van der Waals surface area contributed by atoms with Gasteiger partial charge in [-0.1, -0.05) is 41.1 Å². The Kier molecular flexibility index (Phi) is 5.10. The summed E-state index contributed by atoms with van der Waals surface area (Å²) in [7, 11) is 0. The number of thiazole rings is 1. The highest BCUT2D eigenvalue weighted by atomic mass is 35.5. The fourth-order valence-corrected chi connectivity index (χ4v) is 3.20. The lowest BCUT2D eigenvalue weighted by molar-refractivity contribution is -0.385. The van der Waals surface area contributed by atoms with Gasteiger partial charge in [0.1, 0.15) is 5.71 Å². The fraction of sp³-hybridized carbons (Fsp3) is 0.0625. The molecule has 0 radical (unpaired) electrons. The molecule has 0 saturated carbocycles. The summed E-state index contributed by atoms with van der Waals surface area (Å²) >= 11 is 7.20. The summed E-state index contributed by atoms with van der Waals surface area (Å²) in [5, 5.41) is 25.2. The highest BCUT2D eigenvalue weighted by Crippen LogP contribution is 2.28. The zero-order chi connectivity index (χ0) is 18.7. The number of anilines is 1. The number of carboxylic acid groups (broad SMARTS) is 1. The van der Waals surface area contributed by atoms with E-state index in [9.17, 15) is 20.0 Å². The van der Waals surface area contributed by atoms with Gasteiger partial charge in [-0.05, 0) is 18.2 Å². The molecule has 0 aliphatic carbocycles. The Morgan fingerprint density at radius 3 is 2.85 bits per heavy atom. The number of nitrogens with one attached hydrogen (secondary N) is 1. The number of rotatable bonds is 6. The van der Waals surface area contributed by atoms with Crippen molar-refractivity contribution in [3.8, 4) is 0 Å². The Morgan fingerprint density at radius 1 is 1.35 bits per heavy atom. The van der Waals surface area contributed by atoms with Crippen molar-refractivity contribution in [1.82, 2.24) is 4.98 Å². The number of aliphatic carboxylic acids is 1. The molecule has 26 heavy (non-hydrogen) atoms. The van der Waals surface area contributed by atoms with E-state index in [1.807, 2.05) is 0 Å². The van der Waals surface area contributed by atoms with Crippen molar-refractivity contribution < 1.29 is 14.8 Å². The van der Waals surface area contributed by atoms with Gasteiger partial charge in [-0.25, -0.2) is 9.78 Å². The lowest BCUT2D eigenvalue weighted by Gasteiger charge is -2.03. The number of nitro groups is 1. The smallest absolute Gasteiger partial charge is 0.352 e. The van der Waals surface area contributed by atoms with Crippen LogP contribution in [0.15, 0.2) is 47.6 Å². The highest BCUT2D eigenvalue weighted by Gasteiger charge is 2.18. The van der Waals surface area contributed by atoms with Gasteiger partial charge in [-0.15, -0.1) is 0 Å². The third kappa shape index (κ3) is 3.95. The minimum atomic E-state index is -1.28. The zero-order valence-corrected chi connectivity index (χ0v) is 14.6. The van der Waals surface area contributed by atoms with Gasteiger partial charge in [0, 0.05) is 23.1 Å². The van der Waals surface area contributed by atoms with Crippen molar-refractivity contribution >= 4 is 55.7 Å². The molecule has 0 saturated heterocycles.